The van der Waals surface area contributed by atoms with Crippen molar-refractivity contribution in [2.75, 3.05) is 27.2 Å². The van der Waals surface area contributed by atoms with Gasteiger partial charge in [-0.1, -0.05) is 27.7 Å². The molecule has 0 heterocycles. The first-order valence-electron chi connectivity index (χ1n) is 7.19. The number of nitrogens with zero attached hydrogens (tertiary/aromatic N) is 2. The van der Waals surface area contributed by atoms with Gasteiger partial charge in [-0.3, -0.25) is 0 Å². The lowest BCUT2D eigenvalue weighted by Gasteiger charge is -2.30. The Morgan fingerprint density at radius 1 is 1.11 bits per heavy atom. The smallest absolute Gasteiger partial charge is 0.281 e. The molecule has 5 nitrogen and oxygen atoms in total. The highest BCUT2D eigenvalue weighted by Gasteiger charge is 2.27. The zero-order chi connectivity index (χ0) is 15.1. The van der Waals surface area contributed by atoms with Crippen LogP contribution in [0.25, 0.3) is 0 Å². The predicted octanol–water partition coefficient (Wildman–Crippen LogP) is 1.67. The average molecular weight is 293 g/mol. The first-order chi connectivity index (χ1) is 8.77. The fourth-order valence-corrected chi connectivity index (χ4v) is 3.49. The van der Waals surface area contributed by atoms with Crippen LogP contribution in [0.15, 0.2) is 0 Å². The molecular weight excluding hydrogens is 262 g/mol. The molecule has 0 aliphatic carbocycles. The van der Waals surface area contributed by atoms with Gasteiger partial charge in [0, 0.05) is 32.7 Å². The molecule has 0 aromatic rings. The lowest BCUT2D eigenvalue weighted by molar-refractivity contribution is 0.316. The molecule has 0 radical (unpaired) electrons. The normalized spacial score (nSPS) is 13.2. The van der Waals surface area contributed by atoms with E-state index < -0.39 is 10.2 Å². The van der Waals surface area contributed by atoms with Crippen LogP contribution in [0.3, 0.4) is 0 Å². The van der Waals surface area contributed by atoms with Gasteiger partial charge in [-0.25, -0.2) is 0 Å². The van der Waals surface area contributed by atoms with Gasteiger partial charge in [0.05, 0.1) is 0 Å². The van der Waals surface area contributed by atoms with Crippen LogP contribution in [0.1, 0.15) is 47.0 Å². The monoisotopic (exact) mass is 293 g/mol. The van der Waals surface area contributed by atoms with E-state index in [0.29, 0.717) is 12.6 Å². The number of hydrogen-bond donors (Lipinski definition) is 1. The van der Waals surface area contributed by atoms with Gasteiger partial charge in [-0.2, -0.15) is 17.0 Å². The maximum absolute atomic E-state index is 12.3. The minimum Gasteiger partial charge on any atom is -0.314 e. The molecular formula is C13H31N3O2S. The van der Waals surface area contributed by atoms with Gasteiger partial charge < -0.3 is 5.32 Å². The summed E-state index contributed by atoms with van der Waals surface area (Å²) in [4.78, 5) is 0. The second-order valence-corrected chi connectivity index (χ2v) is 7.37. The third-order valence-corrected chi connectivity index (χ3v) is 5.41. The topological polar surface area (TPSA) is 52.7 Å². The maximum Gasteiger partial charge on any atom is 0.281 e. The van der Waals surface area contributed by atoms with E-state index in [4.69, 9.17) is 0 Å². The minimum absolute atomic E-state index is 0.0845. The van der Waals surface area contributed by atoms with Crippen molar-refractivity contribution >= 4 is 10.2 Å². The molecule has 1 N–H and O–H groups in total. The third kappa shape index (κ3) is 6.21. The fourth-order valence-electron chi connectivity index (χ4n) is 2.02. The number of rotatable bonds is 10. The van der Waals surface area contributed by atoms with E-state index in [9.17, 15) is 8.42 Å². The molecule has 0 rings (SSSR count). The van der Waals surface area contributed by atoms with E-state index in [-0.39, 0.29) is 6.04 Å². The lowest BCUT2D eigenvalue weighted by Crippen LogP contribution is -2.45. The van der Waals surface area contributed by atoms with E-state index in [0.717, 1.165) is 25.8 Å². The second-order valence-electron chi connectivity index (χ2n) is 5.28. The summed E-state index contributed by atoms with van der Waals surface area (Å²) in [7, 11) is 0.00856. The minimum atomic E-state index is -3.32. The van der Waals surface area contributed by atoms with E-state index in [1.54, 1.807) is 14.1 Å². The van der Waals surface area contributed by atoms with Gasteiger partial charge in [0.1, 0.15) is 0 Å². The molecule has 0 fully saturated rings. The fraction of sp³-hybridized carbons (Fsp3) is 1.00. The van der Waals surface area contributed by atoms with Crippen molar-refractivity contribution in [3.05, 3.63) is 0 Å². The molecule has 0 bridgehead atoms. The Morgan fingerprint density at radius 3 is 2.05 bits per heavy atom. The maximum atomic E-state index is 12.3. The molecule has 116 valence electrons. The van der Waals surface area contributed by atoms with Crippen LogP contribution >= 0.6 is 0 Å². The summed E-state index contributed by atoms with van der Waals surface area (Å²) < 4.78 is 27.7. The van der Waals surface area contributed by atoms with Crippen molar-refractivity contribution < 1.29 is 8.42 Å². The summed E-state index contributed by atoms with van der Waals surface area (Å²) >= 11 is 0. The Morgan fingerprint density at radius 2 is 1.63 bits per heavy atom. The molecule has 0 unspecified atom stereocenters. The summed E-state index contributed by atoms with van der Waals surface area (Å²) in [6.45, 7) is 9.60. The number of hydrogen-bond acceptors (Lipinski definition) is 3. The Bertz CT molecular complexity index is 327. The van der Waals surface area contributed by atoms with Crippen LogP contribution in [0.2, 0.25) is 0 Å². The van der Waals surface area contributed by atoms with E-state index in [1.807, 2.05) is 13.8 Å². The summed E-state index contributed by atoms with van der Waals surface area (Å²) in [6, 6.07) is 0.524. The van der Waals surface area contributed by atoms with Crippen LogP contribution in [0, 0.1) is 0 Å². The van der Waals surface area contributed by atoms with Gasteiger partial charge in [-0.05, 0) is 25.8 Å². The van der Waals surface area contributed by atoms with Crippen LogP contribution in [0.4, 0.5) is 0 Å². The van der Waals surface area contributed by atoms with Crippen molar-refractivity contribution in [1.29, 1.82) is 0 Å². The second kappa shape index (κ2) is 8.89. The molecule has 6 heteroatoms. The van der Waals surface area contributed by atoms with Crippen molar-refractivity contribution in [2.45, 2.75) is 59.0 Å². The predicted molar refractivity (Wildman–Crippen MR) is 81.4 cm³/mol. The van der Waals surface area contributed by atoms with Gasteiger partial charge in [0.25, 0.3) is 10.2 Å². The Balaban J connectivity index is 4.38. The standard InChI is InChI=1S/C13H31N3O2S/c1-7-13(8-2)16(6)19(17,18)15(5)11-9-10-14-12(3)4/h12-14H,7-11H2,1-6H3. The molecule has 0 aliphatic heterocycles. The van der Waals surface area contributed by atoms with Gasteiger partial charge in [0.2, 0.25) is 0 Å². The van der Waals surface area contributed by atoms with E-state index in [1.165, 1.54) is 8.61 Å². The third-order valence-electron chi connectivity index (χ3n) is 3.42. The Hall–Kier alpha value is -0.170. The van der Waals surface area contributed by atoms with Crippen molar-refractivity contribution in [3.8, 4) is 0 Å². The molecule has 0 saturated carbocycles. The first kappa shape index (κ1) is 18.8. The van der Waals surface area contributed by atoms with Crippen LogP contribution in [0.5, 0.6) is 0 Å². The molecule has 19 heavy (non-hydrogen) atoms. The van der Waals surface area contributed by atoms with Gasteiger partial charge in [0.15, 0.2) is 0 Å². The molecule has 0 aliphatic rings. The Kier molecular flexibility index (Phi) is 8.81. The average Bonchev–Trinajstić information content (AvgIpc) is 2.35. The van der Waals surface area contributed by atoms with E-state index in [2.05, 4.69) is 19.2 Å². The zero-order valence-corrected chi connectivity index (χ0v) is 14.1. The lowest BCUT2D eigenvalue weighted by atomic mass is 10.2. The van der Waals surface area contributed by atoms with Crippen LogP contribution in [-0.4, -0.2) is 56.3 Å². The molecule has 0 amide bonds. The van der Waals surface area contributed by atoms with Crippen LogP contribution < -0.4 is 5.32 Å². The largest absolute Gasteiger partial charge is 0.314 e. The van der Waals surface area contributed by atoms with Gasteiger partial charge in [-0.15, -0.1) is 0 Å². The van der Waals surface area contributed by atoms with E-state index >= 15 is 0 Å². The summed E-state index contributed by atoms with van der Waals surface area (Å²) in [6.07, 6.45) is 2.51. The Labute approximate surface area is 119 Å². The molecule has 0 aromatic carbocycles. The van der Waals surface area contributed by atoms with Crippen molar-refractivity contribution in [2.24, 2.45) is 0 Å². The first-order valence-corrected chi connectivity index (χ1v) is 8.59. The quantitative estimate of drug-likeness (QED) is 0.623. The van der Waals surface area contributed by atoms with Crippen molar-refractivity contribution in [3.63, 3.8) is 0 Å². The van der Waals surface area contributed by atoms with Gasteiger partial charge >= 0.3 is 0 Å². The highest BCUT2D eigenvalue weighted by atomic mass is 32.2. The van der Waals surface area contributed by atoms with Crippen molar-refractivity contribution in [1.82, 2.24) is 13.9 Å². The zero-order valence-electron chi connectivity index (χ0n) is 13.3. The SMILES string of the molecule is CCC(CC)N(C)S(=O)(=O)N(C)CCCNC(C)C. The molecule has 0 atom stereocenters. The summed E-state index contributed by atoms with van der Waals surface area (Å²) in [5, 5.41) is 3.29. The highest BCUT2D eigenvalue weighted by Crippen LogP contribution is 2.13. The molecule has 0 spiro atoms. The molecule has 0 aromatic heterocycles. The highest BCUT2D eigenvalue weighted by molar-refractivity contribution is 7.86. The summed E-state index contributed by atoms with van der Waals surface area (Å²) in [5.74, 6) is 0. The molecule has 0 saturated heterocycles. The summed E-state index contributed by atoms with van der Waals surface area (Å²) in [5.41, 5.74) is 0. The van der Waals surface area contributed by atoms with Crippen LogP contribution in [-0.2, 0) is 10.2 Å². The number of nitrogens with one attached hydrogen (secondary N) is 1.